The van der Waals surface area contributed by atoms with Crippen molar-refractivity contribution in [3.63, 3.8) is 0 Å². The van der Waals surface area contributed by atoms with Gasteiger partial charge in [-0.1, -0.05) is 51.9 Å². The molecule has 1 aromatic carbocycles. The van der Waals surface area contributed by atoms with Crippen molar-refractivity contribution < 1.29 is 4.74 Å². The lowest BCUT2D eigenvalue weighted by molar-refractivity contribution is 0.340. The Labute approximate surface area is 131 Å². The van der Waals surface area contributed by atoms with Crippen molar-refractivity contribution in [2.45, 2.75) is 72.1 Å². The smallest absolute Gasteiger partial charge is 0.119 e. The van der Waals surface area contributed by atoms with Crippen LogP contribution in [0.3, 0.4) is 0 Å². The van der Waals surface area contributed by atoms with Crippen molar-refractivity contribution in [1.29, 1.82) is 0 Å². The van der Waals surface area contributed by atoms with E-state index in [-0.39, 0.29) is 0 Å². The number of hydrogen-bond acceptors (Lipinski definition) is 2. The number of nitrogens with one attached hydrogen (secondary N) is 1. The number of aryl methyl sites for hydroxylation is 1. The van der Waals surface area contributed by atoms with Crippen LogP contribution in [0.1, 0.15) is 70.8 Å². The van der Waals surface area contributed by atoms with E-state index in [4.69, 9.17) is 4.74 Å². The molecule has 0 spiro atoms. The molecule has 0 aromatic heterocycles. The van der Waals surface area contributed by atoms with Crippen molar-refractivity contribution >= 4 is 5.69 Å². The summed E-state index contributed by atoms with van der Waals surface area (Å²) in [5, 5.41) is 3.54. The second-order valence-corrected chi connectivity index (χ2v) is 5.81. The second-order valence-electron chi connectivity index (χ2n) is 5.81. The number of benzene rings is 1. The molecule has 0 atom stereocenters. The van der Waals surface area contributed by atoms with Crippen LogP contribution in [0.15, 0.2) is 18.2 Å². The van der Waals surface area contributed by atoms with E-state index in [1.807, 2.05) is 13.0 Å². The van der Waals surface area contributed by atoms with Crippen molar-refractivity contribution in [2.24, 2.45) is 0 Å². The summed E-state index contributed by atoms with van der Waals surface area (Å²) in [4.78, 5) is 0. The molecule has 0 saturated heterocycles. The summed E-state index contributed by atoms with van der Waals surface area (Å²) in [6.07, 6.45) is 11.0. The summed E-state index contributed by atoms with van der Waals surface area (Å²) >= 11 is 0. The highest BCUT2D eigenvalue weighted by Crippen LogP contribution is 2.21. The largest absolute Gasteiger partial charge is 0.494 e. The first-order chi connectivity index (χ1) is 10.3. The third-order valence-corrected chi connectivity index (χ3v) is 3.85. The molecule has 1 rings (SSSR count). The standard InChI is InChI=1S/C19H33NO/c1-4-6-7-8-9-10-11-12-15-20-19-14-13-18(21-5-2)16-17(19)3/h13-14,16,20H,4-12,15H2,1-3H3. The van der Waals surface area contributed by atoms with Gasteiger partial charge in [-0.25, -0.2) is 0 Å². The fourth-order valence-electron chi connectivity index (χ4n) is 2.57. The molecule has 21 heavy (non-hydrogen) atoms. The van der Waals surface area contributed by atoms with Gasteiger partial charge in [0.2, 0.25) is 0 Å². The average Bonchev–Trinajstić information content (AvgIpc) is 2.48. The molecule has 1 N–H and O–H groups in total. The summed E-state index contributed by atoms with van der Waals surface area (Å²) in [7, 11) is 0. The van der Waals surface area contributed by atoms with E-state index in [0.29, 0.717) is 0 Å². The van der Waals surface area contributed by atoms with Gasteiger partial charge in [-0.3, -0.25) is 0 Å². The van der Waals surface area contributed by atoms with Crippen molar-refractivity contribution in [3.8, 4) is 5.75 Å². The van der Waals surface area contributed by atoms with Gasteiger partial charge in [0, 0.05) is 12.2 Å². The van der Waals surface area contributed by atoms with Crippen LogP contribution in [0.5, 0.6) is 5.75 Å². The monoisotopic (exact) mass is 291 g/mol. The summed E-state index contributed by atoms with van der Waals surface area (Å²) in [6, 6.07) is 6.29. The van der Waals surface area contributed by atoms with Gasteiger partial charge in [-0.15, -0.1) is 0 Å². The molecular formula is C19H33NO. The summed E-state index contributed by atoms with van der Waals surface area (Å²) < 4.78 is 5.51. The fraction of sp³-hybridized carbons (Fsp3) is 0.684. The predicted octanol–water partition coefficient (Wildman–Crippen LogP) is 5.95. The molecule has 0 aliphatic heterocycles. The van der Waals surface area contributed by atoms with Crippen LogP contribution in [-0.2, 0) is 0 Å². The highest BCUT2D eigenvalue weighted by atomic mass is 16.5. The SMILES string of the molecule is CCCCCCCCCCNc1ccc(OCC)cc1C. The minimum Gasteiger partial charge on any atom is -0.494 e. The molecule has 0 amide bonds. The fourth-order valence-corrected chi connectivity index (χ4v) is 2.57. The number of unbranched alkanes of at least 4 members (excludes halogenated alkanes) is 7. The van der Waals surface area contributed by atoms with Gasteiger partial charge < -0.3 is 10.1 Å². The Morgan fingerprint density at radius 1 is 0.905 bits per heavy atom. The first-order valence-electron chi connectivity index (χ1n) is 8.75. The molecule has 120 valence electrons. The van der Waals surface area contributed by atoms with Gasteiger partial charge in [0.05, 0.1) is 6.61 Å². The highest BCUT2D eigenvalue weighted by Gasteiger charge is 2.00. The Hall–Kier alpha value is -1.18. The predicted molar refractivity (Wildman–Crippen MR) is 93.4 cm³/mol. The van der Waals surface area contributed by atoms with E-state index in [1.165, 1.54) is 62.6 Å². The minimum absolute atomic E-state index is 0.727. The molecule has 0 aliphatic rings. The zero-order chi connectivity index (χ0) is 15.3. The van der Waals surface area contributed by atoms with Crippen LogP contribution in [0.4, 0.5) is 5.69 Å². The van der Waals surface area contributed by atoms with E-state index in [0.717, 1.165) is 18.9 Å². The first kappa shape index (κ1) is 17.9. The van der Waals surface area contributed by atoms with Crippen molar-refractivity contribution in [3.05, 3.63) is 23.8 Å². The zero-order valence-corrected chi connectivity index (χ0v) is 14.2. The van der Waals surface area contributed by atoms with E-state index >= 15 is 0 Å². The summed E-state index contributed by atoms with van der Waals surface area (Å²) in [5.74, 6) is 0.965. The molecule has 0 aliphatic carbocycles. The van der Waals surface area contributed by atoms with Gasteiger partial charge in [-0.05, 0) is 44.0 Å². The van der Waals surface area contributed by atoms with Gasteiger partial charge in [0.15, 0.2) is 0 Å². The molecule has 0 unspecified atom stereocenters. The Bertz CT molecular complexity index is 376. The Kier molecular flexibility index (Phi) is 9.77. The molecule has 0 heterocycles. The van der Waals surface area contributed by atoms with Gasteiger partial charge in [-0.2, -0.15) is 0 Å². The molecule has 0 bridgehead atoms. The molecule has 0 saturated carbocycles. The zero-order valence-electron chi connectivity index (χ0n) is 14.2. The van der Waals surface area contributed by atoms with Crippen LogP contribution >= 0.6 is 0 Å². The summed E-state index contributed by atoms with van der Waals surface area (Å²) in [5.41, 5.74) is 2.50. The maximum Gasteiger partial charge on any atom is 0.119 e. The maximum atomic E-state index is 5.51. The lowest BCUT2D eigenvalue weighted by Gasteiger charge is -2.11. The Balaban J connectivity index is 2.10. The van der Waals surface area contributed by atoms with E-state index in [9.17, 15) is 0 Å². The Morgan fingerprint density at radius 2 is 1.57 bits per heavy atom. The highest BCUT2D eigenvalue weighted by molar-refractivity contribution is 5.53. The minimum atomic E-state index is 0.727. The molecule has 1 aromatic rings. The number of ether oxygens (including phenoxy) is 1. The maximum absolute atomic E-state index is 5.51. The molecule has 0 radical (unpaired) electrons. The topological polar surface area (TPSA) is 21.3 Å². The third-order valence-electron chi connectivity index (χ3n) is 3.85. The third kappa shape index (κ3) is 7.99. The van der Waals surface area contributed by atoms with E-state index in [1.54, 1.807) is 0 Å². The van der Waals surface area contributed by atoms with Crippen molar-refractivity contribution in [1.82, 2.24) is 0 Å². The first-order valence-corrected chi connectivity index (χ1v) is 8.75. The van der Waals surface area contributed by atoms with Crippen LogP contribution in [0.25, 0.3) is 0 Å². The quantitative estimate of drug-likeness (QED) is 0.481. The van der Waals surface area contributed by atoms with E-state index < -0.39 is 0 Å². The van der Waals surface area contributed by atoms with Crippen LogP contribution < -0.4 is 10.1 Å². The molecular weight excluding hydrogens is 258 g/mol. The van der Waals surface area contributed by atoms with Gasteiger partial charge >= 0.3 is 0 Å². The van der Waals surface area contributed by atoms with E-state index in [2.05, 4.69) is 31.3 Å². The Morgan fingerprint density at radius 3 is 2.19 bits per heavy atom. The second kappa shape index (κ2) is 11.5. The van der Waals surface area contributed by atoms with Gasteiger partial charge in [0.1, 0.15) is 5.75 Å². The van der Waals surface area contributed by atoms with Crippen LogP contribution in [-0.4, -0.2) is 13.2 Å². The lowest BCUT2D eigenvalue weighted by atomic mass is 10.1. The average molecular weight is 291 g/mol. The van der Waals surface area contributed by atoms with Crippen molar-refractivity contribution in [2.75, 3.05) is 18.5 Å². The van der Waals surface area contributed by atoms with Crippen LogP contribution in [0.2, 0.25) is 0 Å². The molecule has 0 fully saturated rings. The number of anilines is 1. The van der Waals surface area contributed by atoms with Gasteiger partial charge in [0.25, 0.3) is 0 Å². The molecule has 2 nitrogen and oxygen atoms in total. The normalized spacial score (nSPS) is 10.6. The number of hydrogen-bond donors (Lipinski definition) is 1. The lowest BCUT2D eigenvalue weighted by Crippen LogP contribution is -2.03. The molecule has 2 heteroatoms. The summed E-state index contributed by atoms with van der Waals surface area (Å²) in [6.45, 7) is 8.23. The number of rotatable bonds is 12. The van der Waals surface area contributed by atoms with Crippen LogP contribution in [0, 0.1) is 6.92 Å².